The van der Waals surface area contributed by atoms with Crippen LogP contribution in [0.5, 0.6) is 5.75 Å². The Morgan fingerprint density at radius 3 is 2.75 bits per heavy atom. The monoisotopic (exact) mass is 334 g/mol. The summed E-state index contributed by atoms with van der Waals surface area (Å²) in [6.45, 7) is 1.89. The van der Waals surface area contributed by atoms with E-state index in [1.807, 2.05) is 25.1 Å². The number of aromatic nitrogens is 1. The Labute approximate surface area is 123 Å². The van der Waals surface area contributed by atoms with E-state index in [-0.39, 0.29) is 11.4 Å². The number of hydrogen-bond acceptors (Lipinski definition) is 4. The van der Waals surface area contributed by atoms with Crippen molar-refractivity contribution in [3.63, 3.8) is 0 Å². The third kappa shape index (κ3) is 3.21. The lowest BCUT2D eigenvalue weighted by Crippen LogP contribution is -1.89. The second-order valence-electron chi connectivity index (χ2n) is 4.16. The van der Waals surface area contributed by atoms with Gasteiger partial charge in [0.05, 0.1) is 10.6 Å². The van der Waals surface area contributed by atoms with E-state index in [0.717, 1.165) is 15.9 Å². The summed E-state index contributed by atoms with van der Waals surface area (Å²) < 4.78 is 0.731. The number of phenolic OH excluding ortho intramolecular Hbond substituents is 1. The number of pyridine rings is 1. The number of phenols is 1. The fourth-order valence-corrected chi connectivity index (χ4v) is 2.17. The van der Waals surface area contributed by atoms with Crippen LogP contribution in [0, 0.1) is 17.0 Å². The summed E-state index contributed by atoms with van der Waals surface area (Å²) in [4.78, 5) is 14.4. The van der Waals surface area contributed by atoms with Crippen molar-refractivity contribution in [2.75, 3.05) is 0 Å². The summed E-state index contributed by atoms with van der Waals surface area (Å²) in [5, 5.41) is 20.2. The van der Waals surface area contributed by atoms with Crippen molar-refractivity contribution >= 4 is 32.2 Å². The topological polar surface area (TPSA) is 76.3 Å². The molecule has 5 nitrogen and oxygen atoms in total. The second kappa shape index (κ2) is 5.83. The summed E-state index contributed by atoms with van der Waals surface area (Å²) >= 11 is 3.41. The lowest BCUT2D eigenvalue weighted by atomic mass is 10.1. The number of halogens is 1. The number of benzene rings is 1. The summed E-state index contributed by atoms with van der Waals surface area (Å²) in [6.07, 6.45) is 1.74. The first-order chi connectivity index (χ1) is 9.47. The molecule has 0 unspecified atom stereocenters. The van der Waals surface area contributed by atoms with Crippen LogP contribution in [0.2, 0.25) is 0 Å². The van der Waals surface area contributed by atoms with Gasteiger partial charge < -0.3 is 5.11 Å². The largest absolute Gasteiger partial charge is 0.502 e. The maximum atomic E-state index is 10.6. The number of rotatable bonds is 3. The molecule has 0 spiro atoms. The fraction of sp³-hybridized carbons (Fsp3) is 0.0714. The molecule has 2 rings (SSSR count). The van der Waals surface area contributed by atoms with E-state index < -0.39 is 4.92 Å². The zero-order valence-corrected chi connectivity index (χ0v) is 12.2. The molecule has 0 bridgehead atoms. The molecular weight excluding hydrogens is 324 g/mol. The van der Waals surface area contributed by atoms with Crippen LogP contribution in [0.15, 0.2) is 36.4 Å². The number of hydrogen-bond donors (Lipinski definition) is 1. The lowest BCUT2D eigenvalue weighted by Gasteiger charge is -2.02. The molecule has 0 aliphatic heterocycles. The molecule has 2 aromatic rings. The van der Waals surface area contributed by atoms with Crippen molar-refractivity contribution < 1.29 is 10.0 Å². The van der Waals surface area contributed by atoms with E-state index in [4.69, 9.17) is 0 Å². The van der Waals surface area contributed by atoms with E-state index in [1.54, 1.807) is 12.1 Å². The second-order valence-corrected chi connectivity index (χ2v) is 5.02. The number of aryl methyl sites for hydroxylation is 1. The quantitative estimate of drug-likeness (QED) is 0.682. The molecule has 6 heteroatoms. The number of nitrogens with zero attached hydrogens (tertiary/aromatic N) is 2. The van der Waals surface area contributed by atoms with Gasteiger partial charge in [-0.1, -0.05) is 6.07 Å². The van der Waals surface area contributed by atoms with E-state index in [1.165, 1.54) is 12.1 Å². The molecule has 0 amide bonds. The molecule has 1 N–H and O–H groups in total. The third-order valence-corrected chi connectivity index (χ3v) is 3.26. The van der Waals surface area contributed by atoms with E-state index in [0.29, 0.717) is 5.56 Å². The van der Waals surface area contributed by atoms with Crippen molar-refractivity contribution in [1.29, 1.82) is 0 Å². The number of nitro groups is 1. The van der Waals surface area contributed by atoms with Gasteiger partial charge in [-0.05, 0) is 58.8 Å². The molecular formula is C14H11BrN2O3. The summed E-state index contributed by atoms with van der Waals surface area (Å²) in [7, 11) is 0. The van der Waals surface area contributed by atoms with Gasteiger partial charge in [-0.2, -0.15) is 0 Å². The van der Waals surface area contributed by atoms with Gasteiger partial charge in [-0.25, -0.2) is 0 Å². The highest BCUT2D eigenvalue weighted by atomic mass is 79.9. The molecule has 1 aromatic carbocycles. The van der Waals surface area contributed by atoms with Crippen LogP contribution in [0.25, 0.3) is 10.6 Å². The first kappa shape index (κ1) is 14.2. The van der Waals surface area contributed by atoms with Crippen LogP contribution in [-0.4, -0.2) is 15.0 Å². The Bertz CT molecular complexity index is 699. The maximum absolute atomic E-state index is 10.6. The highest BCUT2D eigenvalue weighted by Gasteiger charge is 2.12. The van der Waals surface area contributed by atoms with Crippen molar-refractivity contribution in [3.05, 3.63) is 63.5 Å². The van der Waals surface area contributed by atoms with E-state index in [9.17, 15) is 15.2 Å². The average Bonchev–Trinajstić information content (AvgIpc) is 2.38. The Hall–Kier alpha value is -2.21. The molecule has 0 aliphatic carbocycles. The van der Waals surface area contributed by atoms with Gasteiger partial charge >= 0.3 is 5.69 Å². The zero-order valence-electron chi connectivity index (χ0n) is 10.6. The van der Waals surface area contributed by atoms with Crippen LogP contribution >= 0.6 is 15.9 Å². The van der Waals surface area contributed by atoms with Gasteiger partial charge in [-0.15, -0.1) is 0 Å². The van der Waals surface area contributed by atoms with Gasteiger partial charge in [0.1, 0.15) is 0 Å². The minimum Gasteiger partial charge on any atom is -0.502 e. The highest BCUT2D eigenvalue weighted by Crippen LogP contribution is 2.29. The number of aromatic hydroxyl groups is 1. The average molecular weight is 335 g/mol. The first-order valence-corrected chi connectivity index (χ1v) is 6.55. The standard InChI is InChI=1S/C14H11BrN2O3/c1-9-3-2-4-12(16-9)11(15)7-10-5-6-13(17(19)20)14(18)8-10/h2-8,18H,1H3/b11-7-. The zero-order chi connectivity index (χ0) is 14.7. The maximum Gasteiger partial charge on any atom is 0.310 e. The van der Waals surface area contributed by atoms with Gasteiger partial charge in [0.25, 0.3) is 0 Å². The smallest absolute Gasteiger partial charge is 0.310 e. The van der Waals surface area contributed by atoms with Crippen molar-refractivity contribution in [1.82, 2.24) is 4.98 Å². The normalized spacial score (nSPS) is 11.4. The number of nitro benzene ring substituents is 1. The van der Waals surface area contributed by atoms with Crippen molar-refractivity contribution in [3.8, 4) is 5.75 Å². The predicted octanol–water partition coefficient (Wildman–Crippen LogP) is 3.90. The van der Waals surface area contributed by atoms with Gasteiger partial charge in [0.2, 0.25) is 0 Å². The molecule has 0 saturated carbocycles. The third-order valence-electron chi connectivity index (χ3n) is 2.62. The van der Waals surface area contributed by atoms with Crippen LogP contribution < -0.4 is 0 Å². The molecule has 0 atom stereocenters. The predicted molar refractivity (Wildman–Crippen MR) is 80.5 cm³/mol. The first-order valence-electron chi connectivity index (χ1n) is 5.76. The summed E-state index contributed by atoms with van der Waals surface area (Å²) in [5.74, 6) is -0.360. The van der Waals surface area contributed by atoms with Crippen molar-refractivity contribution in [2.24, 2.45) is 0 Å². The van der Waals surface area contributed by atoms with Gasteiger partial charge in [-0.3, -0.25) is 15.1 Å². The molecule has 0 fully saturated rings. The van der Waals surface area contributed by atoms with Crippen LogP contribution in [0.3, 0.4) is 0 Å². The Kier molecular flexibility index (Phi) is 4.14. The minimum absolute atomic E-state index is 0.313. The molecule has 0 saturated heterocycles. The lowest BCUT2D eigenvalue weighted by molar-refractivity contribution is -0.385. The summed E-state index contributed by atoms with van der Waals surface area (Å²) in [5.41, 5.74) is 1.97. The molecule has 0 radical (unpaired) electrons. The molecule has 1 aromatic heterocycles. The van der Waals surface area contributed by atoms with E-state index >= 15 is 0 Å². The van der Waals surface area contributed by atoms with Crippen LogP contribution in [0.1, 0.15) is 17.0 Å². The minimum atomic E-state index is -0.625. The molecule has 20 heavy (non-hydrogen) atoms. The van der Waals surface area contributed by atoms with Crippen molar-refractivity contribution in [2.45, 2.75) is 6.92 Å². The fourth-order valence-electron chi connectivity index (χ4n) is 1.68. The highest BCUT2D eigenvalue weighted by molar-refractivity contribution is 9.15. The Morgan fingerprint density at radius 1 is 1.40 bits per heavy atom. The van der Waals surface area contributed by atoms with Gasteiger partial charge in [0.15, 0.2) is 5.75 Å². The SMILES string of the molecule is Cc1cccc(/C(Br)=C/c2ccc([N+](=O)[O-])c(O)c2)n1. The Morgan fingerprint density at radius 2 is 2.15 bits per heavy atom. The Balaban J connectivity index is 2.35. The van der Waals surface area contributed by atoms with Gasteiger partial charge in [0, 0.05) is 16.2 Å². The molecule has 0 aliphatic rings. The molecule has 102 valence electrons. The molecule has 1 heterocycles. The van der Waals surface area contributed by atoms with E-state index in [2.05, 4.69) is 20.9 Å². The van der Waals surface area contributed by atoms with Crippen LogP contribution in [-0.2, 0) is 0 Å². The summed E-state index contributed by atoms with van der Waals surface area (Å²) in [6, 6.07) is 9.80. The van der Waals surface area contributed by atoms with Crippen LogP contribution in [0.4, 0.5) is 5.69 Å².